The van der Waals surface area contributed by atoms with Gasteiger partial charge < -0.3 is 10.2 Å². The summed E-state index contributed by atoms with van der Waals surface area (Å²) in [6.45, 7) is 2.09. The molecule has 9 heavy (non-hydrogen) atoms. The van der Waals surface area contributed by atoms with Crippen LogP contribution in [-0.2, 0) is 0 Å². The van der Waals surface area contributed by atoms with Gasteiger partial charge in [0.1, 0.15) is 5.44 Å². The van der Waals surface area contributed by atoms with Crippen molar-refractivity contribution in [3.8, 4) is 0 Å². The van der Waals surface area contributed by atoms with E-state index in [1.165, 1.54) is 11.8 Å². The van der Waals surface area contributed by atoms with Crippen LogP contribution in [0.4, 0.5) is 0 Å². The van der Waals surface area contributed by atoms with Gasteiger partial charge in [-0.2, -0.15) is 0 Å². The third kappa shape index (κ3) is 3.78. The quantitative estimate of drug-likeness (QED) is 0.579. The third-order valence-electron chi connectivity index (χ3n) is 1.31. The van der Waals surface area contributed by atoms with E-state index >= 15 is 0 Å². The topological polar surface area (TPSA) is 40.5 Å². The number of hydrogen-bond donors (Lipinski definition) is 2. The van der Waals surface area contributed by atoms with E-state index in [9.17, 15) is 0 Å². The van der Waals surface area contributed by atoms with Gasteiger partial charge in [0.15, 0.2) is 0 Å². The molecule has 3 heteroatoms. The first-order valence-corrected chi connectivity index (χ1v) is 4.33. The Balaban J connectivity index is 3.32. The van der Waals surface area contributed by atoms with Crippen molar-refractivity contribution in [1.29, 1.82) is 0 Å². The number of aliphatic hydroxyl groups is 2. The summed E-state index contributed by atoms with van der Waals surface area (Å²) < 4.78 is 0. The minimum absolute atomic E-state index is 0.165. The van der Waals surface area contributed by atoms with Gasteiger partial charge in [0, 0.05) is 6.61 Å². The first-order chi connectivity index (χ1) is 4.22. The Bertz CT molecular complexity index is 68.1. The Morgan fingerprint density at radius 3 is 2.44 bits per heavy atom. The lowest BCUT2D eigenvalue weighted by atomic mass is 10.1. The van der Waals surface area contributed by atoms with Crippen LogP contribution in [0.5, 0.6) is 0 Å². The van der Waals surface area contributed by atoms with Crippen molar-refractivity contribution in [1.82, 2.24) is 0 Å². The summed E-state index contributed by atoms with van der Waals surface area (Å²) in [5, 5.41) is 17.6. The molecular weight excluding hydrogens is 136 g/mol. The van der Waals surface area contributed by atoms with Crippen molar-refractivity contribution in [2.75, 3.05) is 12.9 Å². The van der Waals surface area contributed by atoms with E-state index < -0.39 is 0 Å². The second kappa shape index (κ2) is 5.09. The smallest absolute Gasteiger partial charge is 0.102 e. The maximum absolute atomic E-state index is 9.11. The maximum atomic E-state index is 9.11. The van der Waals surface area contributed by atoms with Crippen molar-refractivity contribution >= 4 is 11.8 Å². The number of aliphatic hydroxyl groups excluding tert-OH is 2. The van der Waals surface area contributed by atoms with Gasteiger partial charge in [-0.3, -0.25) is 0 Å². The Morgan fingerprint density at radius 1 is 1.56 bits per heavy atom. The van der Waals surface area contributed by atoms with Crippen molar-refractivity contribution in [3.05, 3.63) is 0 Å². The van der Waals surface area contributed by atoms with Gasteiger partial charge in [-0.25, -0.2) is 0 Å². The standard InChI is InChI=1S/C6H14O2S/c1-5(3-4-7)6(8)9-2/h5-8H,3-4H2,1-2H3. The van der Waals surface area contributed by atoms with Gasteiger partial charge in [-0.15, -0.1) is 11.8 Å². The molecule has 0 fully saturated rings. The first kappa shape index (κ1) is 9.27. The highest BCUT2D eigenvalue weighted by atomic mass is 32.2. The maximum Gasteiger partial charge on any atom is 0.102 e. The summed E-state index contributed by atoms with van der Waals surface area (Å²) in [5.41, 5.74) is -0.322. The molecule has 0 radical (unpaired) electrons. The fourth-order valence-electron chi connectivity index (χ4n) is 0.579. The molecule has 2 N–H and O–H groups in total. The lowest BCUT2D eigenvalue weighted by Gasteiger charge is -2.14. The lowest BCUT2D eigenvalue weighted by molar-refractivity contribution is 0.169. The molecule has 0 bridgehead atoms. The molecule has 2 nitrogen and oxygen atoms in total. The van der Waals surface area contributed by atoms with Crippen LogP contribution in [0.15, 0.2) is 0 Å². The minimum Gasteiger partial charge on any atom is -0.396 e. The molecule has 0 aliphatic heterocycles. The van der Waals surface area contributed by atoms with Crippen LogP contribution >= 0.6 is 11.8 Å². The summed E-state index contributed by atoms with van der Waals surface area (Å²) in [5.74, 6) is 0.199. The van der Waals surface area contributed by atoms with E-state index in [0.717, 1.165) is 0 Å². The van der Waals surface area contributed by atoms with Gasteiger partial charge in [0.25, 0.3) is 0 Å². The predicted octanol–water partition coefficient (Wildman–Crippen LogP) is 0.686. The van der Waals surface area contributed by atoms with Crippen LogP contribution in [0.25, 0.3) is 0 Å². The second-order valence-corrected chi connectivity index (χ2v) is 3.07. The van der Waals surface area contributed by atoms with Crippen molar-refractivity contribution in [2.45, 2.75) is 18.8 Å². The van der Waals surface area contributed by atoms with E-state index in [0.29, 0.717) is 6.42 Å². The first-order valence-electron chi connectivity index (χ1n) is 3.04. The van der Waals surface area contributed by atoms with Crippen molar-refractivity contribution < 1.29 is 10.2 Å². The van der Waals surface area contributed by atoms with E-state index in [2.05, 4.69) is 0 Å². The zero-order chi connectivity index (χ0) is 7.28. The van der Waals surface area contributed by atoms with E-state index in [-0.39, 0.29) is 18.0 Å². The van der Waals surface area contributed by atoms with Crippen molar-refractivity contribution in [3.63, 3.8) is 0 Å². The molecule has 0 amide bonds. The molecule has 2 unspecified atom stereocenters. The normalized spacial score (nSPS) is 17.3. The van der Waals surface area contributed by atoms with E-state index in [4.69, 9.17) is 10.2 Å². The summed E-state index contributed by atoms with van der Waals surface area (Å²) in [7, 11) is 0. The van der Waals surface area contributed by atoms with Crippen molar-refractivity contribution in [2.24, 2.45) is 5.92 Å². The highest BCUT2D eigenvalue weighted by Gasteiger charge is 2.10. The molecule has 0 aromatic rings. The number of rotatable bonds is 4. The van der Waals surface area contributed by atoms with Gasteiger partial charge >= 0.3 is 0 Å². The molecule has 0 rings (SSSR count). The van der Waals surface area contributed by atoms with Gasteiger partial charge in [-0.05, 0) is 18.6 Å². The Labute approximate surface area is 60.3 Å². The SMILES string of the molecule is CSC(O)C(C)CCO. The predicted molar refractivity (Wildman–Crippen MR) is 40.4 cm³/mol. The van der Waals surface area contributed by atoms with Gasteiger partial charge in [0.2, 0.25) is 0 Å². The van der Waals surface area contributed by atoms with Crippen LogP contribution in [0.3, 0.4) is 0 Å². The van der Waals surface area contributed by atoms with Crippen LogP contribution < -0.4 is 0 Å². The summed E-state index contributed by atoms with van der Waals surface area (Å²) >= 11 is 1.42. The van der Waals surface area contributed by atoms with Crippen LogP contribution in [0.2, 0.25) is 0 Å². The largest absolute Gasteiger partial charge is 0.396 e. The molecule has 56 valence electrons. The monoisotopic (exact) mass is 150 g/mol. The molecule has 0 spiro atoms. The number of thioether (sulfide) groups is 1. The zero-order valence-corrected chi connectivity index (χ0v) is 6.69. The van der Waals surface area contributed by atoms with Crippen LogP contribution in [0, 0.1) is 5.92 Å². The third-order valence-corrected chi connectivity index (χ3v) is 2.26. The fourth-order valence-corrected chi connectivity index (χ4v) is 1.18. The average molecular weight is 150 g/mol. The van der Waals surface area contributed by atoms with E-state index in [1.807, 2.05) is 13.2 Å². The van der Waals surface area contributed by atoms with Crippen LogP contribution in [0.1, 0.15) is 13.3 Å². The summed E-state index contributed by atoms with van der Waals surface area (Å²) in [6, 6.07) is 0. The Kier molecular flexibility index (Phi) is 5.24. The highest BCUT2D eigenvalue weighted by Crippen LogP contribution is 2.15. The molecule has 2 atom stereocenters. The minimum atomic E-state index is -0.322. The Morgan fingerprint density at radius 2 is 2.11 bits per heavy atom. The number of hydrogen-bond acceptors (Lipinski definition) is 3. The summed E-state index contributed by atoms with van der Waals surface area (Å²) in [6.07, 6.45) is 2.54. The molecule has 0 aromatic carbocycles. The highest BCUT2D eigenvalue weighted by molar-refractivity contribution is 7.99. The summed E-state index contributed by atoms with van der Waals surface area (Å²) in [4.78, 5) is 0. The zero-order valence-electron chi connectivity index (χ0n) is 5.87. The molecule has 0 heterocycles. The molecule has 0 saturated carbocycles. The molecular formula is C6H14O2S. The second-order valence-electron chi connectivity index (χ2n) is 2.12. The van der Waals surface area contributed by atoms with Crippen LogP contribution in [-0.4, -0.2) is 28.5 Å². The molecule has 0 aliphatic rings. The molecule has 0 aliphatic carbocycles. The Hall–Kier alpha value is 0.270. The average Bonchev–Trinajstić information content (AvgIpc) is 1.87. The lowest BCUT2D eigenvalue weighted by Crippen LogP contribution is -2.13. The van der Waals surface area contributed by atoms with Gasteiger partial charge in [-0.1, -0.05) is 6.92 Å². The fraction of sp³-hybridized carbons (Fsp3) is 1.00. The molecule has 0 saturated heterocycles. The molecule has 0 aromatic heterocycles. The van der Waals surface area contributed by atoms with Gasteiger partial charge in [0.05, 0.1) is 0 Å². The van der Waals surface area contributed by atoms with E-state index in [1.54, 1.807) is 0 Å².